The summed E-state index contributed by atoms with van der Waals surface area (Å²) >= 11 is 1.23. The highest BCUT2D eigenvalue weighted by atomic mass is 32.2. The smallest absolute Gasteiger partial charge is 0.252 e. The largest absolute Gasteiger partial charge is 0.351 e. The Kier molecular flexibility index (Phi) is 4.79. The van der Waals surface area contributed by atoms with E-state index in [0.29, 0.717) is 42.2 Å². The summed E-state index contributed by atoms with van der Waals surface area (Å²) in [5.74, 6) is 1.18. The quantitative estimate of drug-likeness (QED) is 0.759. The van der Waals surface area contributed by atoms with E-state index in [1.54, 1.807) is 24.4 Å². The first-order valence-electron chi connectivity index (χ1n) is 10.8. The maximum atomic E-state index is 13.7. The fourth-order valence-corrected chi connectivity index (χ4v) is 9.60. The van der Waals surface area contributed by atoms with Crippen molar-refractivity contribution in [2.24, 2.45) is 17.3 Å². The highest BCUT2D eigenvalue weighted by molar-refractivity contribution is 7.91. The van der Waals surface area contributed by atoms with Gasteiger partial charge in [0.05, 0.1) is 5.41 Å². The third-order valence-electron chi connectivity index (χ3n) is 7.57. The maximum absolute atomic E-state index is 13.7. The maximum Gasteiger partial charge on any atom is 0.252 e. The number of nitrogens with one attached hydrogen (secondary N) is 1. The van der Waals surface area contributed by atoms with Crippen LogP contribution in [0.5, 0.6) is 0 Å². The van der Waals surface area contributed by atoms with Crippen molar-refractivity contribution in [2.75, 3.05) is 26.2 Å². The van der Waals surface area contributed by atoms with Gasteiger partial charge in [0.25, 0.3) is 10.0 Å². The van der Waals surface area contributed by atoms with Crippen molar-refractivity contribution in [2.45, 2.75) is 55.2 Å². The molecule has 2 atom stereocenters. The number of thiophene rings is 1. The number of carbonyl (C=O) groups is 2. The van der Waals surface area contributed by atoms with E-state index in [0.717, 1.165) is 32.1 Å². The molecule has 1 N–H and O–H groups in total. The van der Waals surface area contributed by atoms with E-state index in [1.807, 2.05) is 4.90 Å². The predicted octanol–water partition coefficient (Wildman–Crippen LogP) is 2.06. The van der Waals surface area contributed by atoms with E-state index >= 15 is 0 Å². The second kappa shape index (κ2) is 7.03. The van der Waals surface area contributed by atoms with Gasteiger partial charge >= 0.3 is 0 Å². The monoisotopic (exact) mass is 451 g/mol. The van der Waals surface area contributed by atoms with E-state index in [-0.39, 0.29) is 22.8 Å². The number of sulfonamides is 1. The molecule has 4 bridgehead atoms. The number of amides is 2. The lowest BCUT2D eigenvalue weighted by molar-refractivity contribution is -0.164. The van der Waals surface area contributed by atoms with Crippen LogP contribution in [0.15, 0.2) is 21.7 Å². The molecule has 7 nitrogen and oxygen atoms in total. The molecule has 1 aromatic rings. The molecule has 5 fully saturated rings. The minimum absolute atomic E-state index is 0.00746. The molecule has 2 heterocycles. The Hall–Kier alpha value is -1.45. The molecule has 4 saturated carbocycles. The van der Waals surface area contributed by atoms with Crippen LogP contribution >= 0.6 is 11.3 Å². The van der Waals surface area contributed by atoms with Gasteiger partial charge in [-0.15, -0.1) is 11.3 Å². The molecule has 6 rings (SSSR count). The predicted molar refractivity (Wildman–Crippen MR) is 113 cm³/mol. The van der Waals surface area contributed by atoms with E-state index in [4.69, 9.17) is 0 Å². The lowest BCUT2D eigenvalue weighted by Crippen LogP contribution is -2.66. The zero-order valence-corrected chi connectivity index (χ0v) is 18.9. The molecule has 9 heteroatoms. The van der Waals surface area contributed by atoms with Crippen LogP contribution in [-0.4, -0.2) is 61.2 Å². The lowest BCUT2D eigenvalue weighted by atomic mass is 9.46. The number of hydrogen-bond donors (Lipinski definition) is 1. The Balaban J connectivity index is 1.31. The van der Waals surface area contributed by atoms with E-state index < -0.39 is 10.0 Å². The second-order valence-electron chi connectivity index (χ2n) is 9.83. The van der Waals surface area contributed by atoms with Crippen molar-refractivity contribution in [1.82, 2.24) is 14.5 Å². The van der Waals surface area contributed by atoms with Crippen LogP contribution in [0.25, 0.3) is 0 Å². The molecule has 1 saturated heterocycles. The third-order valence-corrected chi connectivity index (χ3v) is 10.8. The summed E-state index contributed by atoms with van der Waals surface area (Å²) < 4.78 is 27.4. The van der Waals surface area contributed by atoms with Gasteiger partial charge in [-0.3, -0.25) is 9.59 Å². The van der Waals surface area contributed by atoms with Crippen molar-refractivity contribution in [3.05, 3.63) is 17.5 Å². The van der Waals surface area contributed by atoms with E-state index in [1.165, 1.54) is 22.1 Å². The summed E-state index contributed by atoms with van der Waals surface area (Å²) in [5, 5.41) is 4.98. The van der Waals surface area contributed by atoms with E-state index in [9.17, 15) is 18.0 Å². The Morgan fingerprint density at radius 3 is 2.33 bits per heavy atom. The molecule has 0 unspecified atom stereocenters. The van der Waals surface area contributed by atoms with Crippen LogP contribution in [0.1, 0.15) is 45.4 Å². The van der Waals surface area contributed by atoms with Gasteiger partial charge in [-0.1, -0.05) is 6.07 Å². The van der Waals surface area contributed by atoms with Crippen molar-refractivity contribution < 1.29 is 18.0 Å². The van der Waals surface area contributed by atoms with Gasteiger partial charge in [-0.2, -0.15) is 4.31 Å². The normalized spacial score (nSPS) is 36.1. The lowest BCUT2D eigenvalue weighted by Gasteiger charge is -2.62. The summed E-state index contributed by atoms with van der Waals surface area (Å²) in [4.78, 5) is 27.5. The third kappa shape index (κ3) is 3.29. The van der Waals surface area contributed by atoms with Gasteiger partial charge in [0.1, 0.15) is 4.21 Å². The summed E-state index contributed by atoms with van der Waals surface area (Å²) in [7, 11) is -3.47. The zero-order valence-electron chi connectivity index (χ0n) is 17.3. The molecule has 1 aliphatic heterocycles. The summed E-state index contributed by atoms with van der Waals surface area (Å²) in [6, 6.07) is 3.38. The SMILES string of the molecule is CC(=O)NC12C[C@H]3C[C@H](C1)CC(C(=O)N1CCN(S(=O)(=O)c4cccs4)CC1)(C3)C2. The molecule has 30 heavy (non-hydrogen) atoms. The van der Waals surface area contributed by atoms with Gasteiger partial charge < -0.3 is 10.2 Å². The molecule has 0 spiro atoms. The standard InChI is InChI=1S/C21H29N3O4S2/c1-15(25)22-21-12-16-9-17(13-21)11-20(10-16,14-21)19(26)23-4-6-24(7-5-23)30(27,28)18-3-2-8-29-18/h2-3,8,16-17H,4-7,9-14H2,1H3,(H,22,25)/t16-,17-,20?,21?/m0/s1. The van der Waals surface area contributed by atoms with Gasteiger partial charge in [-0.25, -0.2) is 8.42 Å². The van der Waals surface area contributed by atoms with Crippen LogP contribution in [0.4, 0.5) is 0 Å². The molecule has 2 amide bonds. The molecular formula is C21H29N3O4S2. The summed E-state index contributed by atoms with van der Waals surface area (Å²) in [6.45, 7) is 3.12. The Morgan fingerprint density at radius 2 is 1.77 bits per heavy atom. The van der Waals surface area contributed by atoms with Crippen molar-refractivity contribution in [3.63, 3.8) is 0 Å². The highest BCUT2D eigenvalue weighted by Gasteiger charge is 2.61. The van der Waals surface area contributed by atoms with Crippen molar-refractivity contribution in [1.29, 1.82) is 0 Å². The first kappa shape index (κ1) is 20.5. The average Bonchev–Trinajstić information content (AvgIpc) is 3.21. The Morgan fingerprint density at radius 1 is 1.10 bits per heavy atom. The Bertz CT molecular complexity index is 937. The van der Waals surface area contributed by atoms with Gasteiger partial charge in [0.2, 0.25) is 11.8 Å². The van der Waals surface area contributed by atoms with Crippen LogP contribution in [0.3, 0.4) is 0 Å². The topological polar surface area (TPSA) is 86.8 Å². The van der Waals surface area contributed by atoms with Crippen molar-refractivity contribution >= 4 is 33.2 Å². The Labute approximate surface area is 181 Å². The second-order valence-corrected chi connectivity index (χ2v) is 12.9. The molecule has 164 valence electrons. The fourth-order valence-electron chi connectivity index (χ4n) is 7.04. The molecule has 1 aromatic heterocycles. The van der Waals surface area contributed by atoms with Gasteiger partial charge in [-0.05, 0) is 61.8 Å². The average molecular weight is 452 g/mol. The molecule has 5 aliphatic rings. The van der Waals surface area contributed by atoms with Crippen LogP contribution in [-0.2, 0) is 19.6 Å². The number of rotatable bonds is 4. The van der Waals surface area contributed by atoms with Crippen LogP contribution in [0.2, 0.25) is 0 Å². The number of nitrogens with zero attached hydrogens (tertiary/aromatic N) is 2. The number of piperazine rings is 1. The highest BCUT2D eigenvalue weighted by Crippen LogP contribution is 2.62. The molecule has 0 radical (unpaired) electrons. The first-order chi connectivity index (χ1) is 14.2. The minimum Gasteiger partial charge on any atom is -0.351 e. The van der Waals surface area contributed by atoms with Gasteiger partial charge in [0.15, 0.2) is 0 Å². The number of carbonyl (C=O) groups excluding carboxylic acids is 2. The number of hydrogen-bond acceptors (Lipinski definition) is 5. The van der Waals surface area contributed by atoms with E-state index in [2.05, 4.69) is 5.32 Å². The molecule has 4 aliphatic carbocycles. The zero-order chi connectivity index (χ0) is 21.1. The summed E-state index contributed by atoms with van der Waals surface area (Å²) in [5.41, 5.74) is -0.614. The minimum atomic E-state index is -3.47. The fraction of sp³-hybridized carbons (Fsp3) is 0.714. The van der Waals surface area contributed by atoms with Crippen LogP contribution in [0, 0.1) is 17.3 Å². The molecule has 0 aromatic carbocycles. The molecular weight excluding hydrogens is 422 g/mol. The van der Waals surface area contributed by atoms with Crippen molar-refractivity contribution in [3.8, 4) is 0 Å². The van der Waals surface area contributed by atoms with Crippen LogP contribution < -0.4 is 5.32 Å². The van der Waals surface area contributed by atoms with Gasteiger partial charge in [0, 0.05) is 38.6 Å². The summed E-state index contributed by atoms with van der Waals surface area (Å²) in [6.07, 6.45) is 5.72. The first-order valence-corrected chi connectivity index (χ1v) is 13.2.